The molecule has 0 fully saturated rings. The highest BCUT2D eigenvalue weighted by atomic mass is 16.5. The maximum absolute atomic E-state index is 12.0. The van der Waals surface area contributed by atoms with E-state index in [0.717, 1.165) is 16.9 Å². The van der Waals surface area contributed by atoms with Crippen molar-refractivity contribution in [1.29, 1.82) is 0 Å². The number of nitrogens with zero attached hydrogens (tertiary/aromatic N) is 4. The third-order valence-electron chi connectivity index (χ3n) is 5.11. The van der Waals surface area contributed by atoms with Crippen molar-refractivity contribution in [3.8, 4) is 28.8 Å². The molecular formula is C24H25N5O4. The lowest BCUT2D eigenvalue weighted by atomic mass is 10.1. The molecule has 0 radical (unpaired) electrons. The number of carbonyl (C=O) groups excluding carboxylic acids is 1. The molecule has 1 N–H and O–H groups in total. The number of carbonyl (C=O) groups is 1. The number of hydrogen-bond acceptors (Lipinski definition) is 7. The summed E-state index contributed by atoms with van der Waals surface area (Å²) in [5, 5.41) is 15.6. The van der Waals surface area contributed by atoms with Gasteiger partial charge in [0.05, 0.1) is 13.7 Å². The minimum Gasteiger partial charge on any atom is -0.497 e. The maximum atomic E-state index is 12.0. The Balaban J connectivity index is 1.29. The molecule has 170 valence electrons. The van der Waals surface area contributed by atoms with E-state index in [1.165, 1.54) is 5.56 Å². The zero-order valence-electron chi connectivity index (χ0n) is 18.7. The summed E-state index contributed by atoms with van der Waals surface area (Å²) in [4.78, 5) is 12.0. The van der Waals surface area contributed by atoms with E-state index >= 15 is 0 Å². The van der Waals surface area contributed by atoms with Gasteiger partial charge in [0, 0.05) is 11.6 Å². The second kappa shape index (κ2) is 9.99. The van der Waals surface area contributed by atoms with E-state index < -0.39 is 0 Å². The quantitative estimate of drug-likeness (QED) is 0.394. The second-order valence-corrected chi connectivity index (χ2v) is 7.43. The molecule has 9 heteroatoms. The van der Waals surface area contributed by atoms with Crippen molar-refractivity contribution in [3.63, 3.8) is 0 Å². The third kappa shape index (κ3) is 5.38. The number of fused-ring (bicyclic) bond motifs is 1. The summed E-state index contributed by atoms with van der Waals surface area (Å²) in [7, 11) is 1.62. The van der Waals surface area contributed by atoms with Gasteiger partial charge in [-0.2, -0.15) is 4.52 Å². The van der Waals surface area contributed by atoms with Gasteiger partial charge in [0.1, 0.15) is 18.1 Å². The van der Waals surface area contributed by atoms with Gasteiger partial charge in [-0.05, 0) is 67.4 Å². The van der Waals surface area contributed by atoms with Crippen molar-refractivity contribution in [2.24, 2.45) is 0 Å². The van der Waals surface area contributed by atoms with Crippen LogP contribution >= 0.6 is 0 Å². The van der Waals surface area contributed by atoms with Gasteiger partial charge in [0.15, 0.2) is 18.1 Å². The fourth-order valence-electron chi connectivity index (χ4n) is 3.12. The van der Waals surface area contributed by atoms with Gasteiger partial charge in [-0.25, -0.2) is 0 Å². The van der Waals surface area contributed by atoms with Crippen LogP contribution < -0.4 is 19.5 Å². The van der Waals surface area contributed by atoms with Gasteiger partial charge in [0.25, 0.3) is 5.91 Å². The van der Waals surface area contributed by atoms with E-state index in [1.54, 1.807) is 23.8 Å². The lowest BCUT2D eigenvalue weighted by Gasteiger charge is -2.10. The number of aromatic nitrogens is 4. The molecule has 0 aliphatic rings. The van der Waals surface area contributed by atoms with Crippen LogP contribution in [0.2, 0.25) is 0 Å². The molecule has 0 bridgehead atoms. The molecule has 2 aromatic heterocycles. The summed E-state index contributed by atoms with van der Waals surface area (Å²) in [6.07, 6.45) is 0. The molecule has 1 amide bonds. The fraction of sp³-hybridized carbons (Fsp3) is 0.250. The molecule has 9 nitrogen and oxygen atoms in total. The van der Waals surface area contributed by atoms with Crippen LogP contribution in [-0.2, 0) is 4.79 Å². The number of rotatable bonds is 9. The summed E-state index contributed by atoms with van der Waals surface area (Å²) < 4.78 is 18.0. The predicted octanol–water partition coefficient (Wildman–Crippen LogP) is 2.99. The van der Waals surface area contributed by atoms with Gasteiger partial charge in [-0.3, -0.25) is 4.79 Å². The van der Waals surface area contributed by atoms with E-state index in [9.17, 15) is 4.79 Å². The average molecular weight is 447 g/mol. The van der Waals surface area contributed by atoms with E-state index in [2.05, 4.69) is 20.6 Å². The number of aryl methyl sites for hydroxylation is 2. The molecule has 0 atom stereocenters. The molecule has 33 heavy (non-hydrogen) atoms. The molecule has 2 aromatic carbocycles. The Morgan fingerprint density at radius 2 is 1.73 bits per heavy atom. The molecule has 0 saturated carbocycles. The van der Waals surface area contributed by atoms with Crippen molar-refractivity contribution in [3.05, 3.63) is 65.7 Å². The third-order valence-corrected chi connectivity index (χ3v) is 5.11. The van der Waals surface area contributed by atoms with Crippen molar-refractivity contribution in [1.82, 2.24) is 25.1 Å². The molecule has 4 aromatic rings. The Bertz CT molecular complexity index is 1250. The minimum absolute atomic E-state index is 0.0569. The van der Waals surface area contributed by atoms with Crippen LogP contribution in [0.15, 0.2) is 54.6 Å². The van der Waals surface area contributed by atoms with Crippen LogP contribution in [0.1, 0.15) is 11.1 Å². The van der Waals surface area contributed by atoms with Gasteiger partial charge >= 0.3 is 0 Å². The first kappa shape index (κ1) is 22.1. The molecule has 0 aliphatic heterocycles. The molecule has 4 rings (SSSR count). The van der Waals surface area contributed by atoms with Crippen LogP contribution in [0.4, 0.5) is 0 Å². The average Bonchev–Trinajstić information content (AvgIpc) is 3.26. The minimum atomic E-state index is -0.221. The Kier molecular flexibility index (Phi) is 6.68. The van der Waals surface area contributed by atoms with E-state index in [4.69, 9.17) is 14.2 Å². The fourth-order valence-corrected chi connectivity index (χ4v) is 3.12. The van der Waals surface area contributed by atoms with E-state index in [-0.39, 0.29) is 19.1 Å². The monoisotopic (exact) mass is 447 g/mol. The zero-order valence-corrected chi connectivity index (χ0v) is 18.7. The lowest BCUT2D eigenvalue weighted by Crippen LogP contribution is -2.32. The summed E-state index contributed by atoms with van der Waals surface area (Å²) in [5.74, 6) is 2.20. The highest BCUT2D eigenvalue weighted by Crippen LogP contribution is 2.22. The number of methoxy groups -OCH3 is 1. The van der Waals surface area contributed by atoms with Gasteiger partial charge in [-0.15, -0.1) is 15.3 Å². The zero-order chi connectivity index (χ0) is 23.2. The van der Waals surface area contributed by atoms with Crippen molar-refractivity contribution in [2.45, 2.75) is 13.8 Å². The summed E-state index contributed by atoms with van der Waals surface area (Å²) in [6, 6.07) is 16.7. The number of nitrogens with one attached hydrogen (secondary N) is 1. The van der Waals surface area contributed by atoms with Crippen LogP contribution in [0.25, 0.3) is 17.0 Å². The molecule has 0 aliphatic carbocycles. The van der Waals surface area contributed by atoms with Crippen LogP contribution in [0, 0.1) is 13.8 Å². The summed E-state index contributed by atoms with van der Waals surface area (Å²) in [5.41, 5.74) is 3.75. The predicted molar refractivity (Wildman–Crippen MR) is 123 cm³/mol. The van der Waals surface area contributed by atoms with E-state index in [0.29, 0.717) is 29.6 Å². The standard InChI is InChI=1S/C24H25N5O4/c1-16-4-7-20(14-17(16)2)33-15-22(30)25-12-13-32-23-11-10-21-26-27-24(29(21)28-23)18-5-8-19(31-3)9-6-18/h4-11,14H,12-13,15H2,1-3H3,(H,25,30). The Morgan fingerprint density at radius 3 is 2.48 bits per heavy atom. The highest BCUT2D eigenvalue weighted by molar-refractivity contribution is 5.77. The first-order chi connectivity index (χ1) is 16.0. The van der Waals surface area contributed by atoms with Crippen LogP contribution in [-0.4, -0.2) is 52.6 Å². The molecule has 0 unspecified atom stereocenters. The molecular weight excluding hydrogens is 422 g/mol. The first-order valence-corrected chi connectivity index (χ1v) is 10.5. The van der Waals surface area contributed by atoms with Crippen LogP contribution in [0.3, 0.4) is 0 Å². The number of benzene rings is 2. The smallest absolute Gasteiger partial charge is 0.258 e. The Hall–Kier alpha value is -4.14. The Morgan fingerprint density at radius 1 is 0.939 bits per heavy atom. The summed E-state index contributed by atoms with van der Waals surface area (Å²) in [6.45, 7) is 4.56. The SMILES string of the molecule is COc1ccc(-c2nnc3ccc(OCCNC(=O)COc4ccc(C)c(C)c4)nn23)cc1. The number of amides is 1. The molecule has 2 heterocycles. The number of hydrogen-bond donors (Lipinski definition) is 1. The Labute approximate surface area is 191 Å². The molecule has 0 spiro atoms. The molecule has 0 saturated heterocycles. The highest BCUT2D eigenvalue weighted by Gasteiger charge is 2.11. The van der Waals surface area contributed by atoms with Gasteiger partial charge in [-0.1, -0.05) is 6.07 Å². The normalized spacial score (nSPS) is 10.8. The first-order valence-electron chi connectivity index (χ1n) is 10.5. The number of ether oxygens (including phenoxy) is 3. The van der Waals surface area contributed by atoms with Crippen LogP contribution in [0.5, 0.6) is 17.4 Å². The second-order valence-electron chi connectivity index (χ2n) is 7.43. The van der Waals surface area contributed by atoms with Crippen molar-refractivity contribution < 1.29 is 19.0 Å². The maximum Gasteiger partial charge on any atom is 0.258 e. The lowest BCUT2D eigenvalue weighted by molar-refractivity contribution is -0.123. The summed E-state index contributed by atoms with van der Waals surface area (Å²) >= 11 is 0. The van der Waals surface area contributed by atoms with Crippen molar-refractivity contribution >= 4 is 11.6 Å². The van der Waals surface area contributed by atoms with E-state index in [1.807, 2.05) is 56.3 Å². The topological polar surface area (TPSA) is 99.9 Å². The van der Waals surface area contributed by atoms with Crippen molar-refractivity contribution in [2.75, 3.05) is 26.9 Å². The largest absolute Gasteiger partial charge is 0.497 e. The van der Waals surface area contributed by atoms with Gasteiger partial charge < -0.3 is 19.5 Å². The van der Waals surface area contributed by atoms with Gasteiger partial charge in [0.2, 0.25) is 5.88 Å².